The lowest BCUT2D eigenvalue weighted by Crippen LogP contribution is -2.35. The van der Waals surface area contributed by atoms with E-state index >= 15 is 0 Å². The molecule has 1 N–H and O–H groups in total. The van der Waals surface area contributed by atoms with E-state index in [1.54, 1.807) is 24.3 Å². The van der Waals surface area contributed by atoms with Gasteiger partial charge in [-0.3, -0.25) is 4.79 Å². The molecule has 0 saturated heterocycles. The third-order valence-corrected chi connectivity index (χ3v) is 6.04. The Kier molecular flexibility index (Phi) is 4.92. The second kappa shape index (κ2) is 6.98. The molecule has 25 heavy (non-hydrogen) atoms. The van der Waals surface area contributed by atoms with Gasteiger partial charge in [0, 0.05) is 18.2 Å². The first-order chi connectivity index (χ1) is 11.9. The molecular formula is C19H22N2O3S. The monoisotopic (exact) mass is 358 g/mol. The van der Waals surface area contributed by atoms with Gasteiger partial charge in [0.05, 0.1) is 4.90 Å². The van der Waals surface area contributed by atoms with Gasteiger partial charge in [-0.1, -0.05) is 30.3 Å². The van der Waals surface area contributed by atoms with Crippen molar-refractivity contribution in [1.82, 2.24) is 4.72 Å². The normalized spacial score (nSPS) is 16.7. The van der Waals surface area contributed by atoms with Crippen LogP contribution in [0.15, 0.2) is 53.4 Å². The molecule has 0 fully saturated rings. The van der Waals surface area contributed by atoms with Crippen LogP contribution < -0.4 is 9.62 Å². The highest BCUT2D eigenvalue weighted by Gasteiger charge is 2.29. The Morgan fingerprint density at radius 1 is 1.16 bits per heavy atom. The van der Waals surface area contributed by atoms with Gasteiger partial charge in [0.25, 0.3) is 0 Å². The number of aryl methyl sites for hydroxylation is 1. The maximum Gasteiger partial charge on any atom is 0.240 e. The summed E-state index contributed by atoms with van der Waals surface area (Å²) >= 11 is 0. The molecule has 1 atom stereocenters. The lowest BCUT2D eigenvalue weighted by Gasteiger charge is -2.22. The number of sulfonamides is 1. The maximum absolute atomic E-state index is 12.7. The van der Waals surface area contributed by atoms with E-state index in [0.29, 0.717) is 12.8 Å². The van der Waals surface area contributed by atoms with Crippen molar-refractivity contribution in [2.45, 2.75) is 37.1 Å². The van der Waals surface area contributed by atoms with E-state index in [-0.39, 0.29) is 16.8 Å². The summed E-state index contributed by atoms with van der Waals surface area (Å²) in [6.45, 7) is 2.06. The smallest absolute Gasteiger partial charge is 0.240 e. The fraction of sp³-hybridized carbons (Fsp3) is 0.316. The third-order valence-electron chi connectivity index (χ3n) is 4.61. The summed E-state index contributed by atoms with van der Waals surface area (Å²) in [6.07, 6.45) is 1.87. The highest BCUT2D eigenvalue weighted by Crippen LogP contribution is 2.32. The average molecular weight is 358 g/mol. The molecule has 1 amide bonds. The van der Waals surface area contributed by atoms with Crippen molar-refractivity contribution in [3.63, 3.8) is 0 Å². The summed E-state index contributed by atoms with van der Waals surface area (Å²) in [7, 11) is -2.04. The summed E-state index contributed by atoms with van der Waals surface area (Å²) in [5.41, 5.74) is 3.17. The predicted molar refractivity (Wildman–Crippen MR) is 98.1 cm³/mol. The number of amides is 1. The fourth-order valence-electron chi connectivity index (χ4n) is 3.27. The van der Waals surface area contributed by atoms with Crippen LogP contribution in [-0.4, -0.2) is 27.4 Å². The quantitative estimate of drug-likeness (QED) is 0.893. The van der Waals surface area contributed by atoms with Gasteiger partial charge in [-0.15, -0.1) is 0 Å². The van der Waals surface area contributed by atoms with E-state index in [0.717, 1.165) is 17.7 Å². The van der Waals surface area contributed by atoms with E-state index in [9.17, 15) is 13.2 Å². The Bertz CT molecular complexity index is 876. The Morgan fingerprint density at radius 3 is 2.52 bits per heavy atom. The van der Waals surface area contributed by atoms with Crippen molar-refractivity contribution < 1.29 is 13.2 Å². The second-order valence-corrected chi connectivity index (χ2v) is 8.18. The highest BCUT2D eigenvalue weighted by molar-refractivity contribution is 7.89. The number of carbonyl (C=O) groups excluding carboxylic acids is 1. The van der Waals surface area contributed by atoms with E-state index in [2.05, 4.69) is 17.7 Å². The van der Waals surface area contributed by atoms with Crippen LogP contribution in [-0.2, 0) is 27.7 Å². The molecule has 0 bridgehead atoms. The van der Waals surface area contributed by atoms with Crippen LogP contribution in [0.5, 0.6) is 0 Å². The number of fused-ring (bicyclic) bond motifs is 1. The summed E-state index contributed by atoms with van der Waals surface area (Å²) in [5, 5.41) is 0. The number of para-hydroxylation sites is 1. The Balaban J connectivity index is 1.67. The summed E-state index contributed by atoms with van der Waals surface area (Å²) in [5.74, 6) is 0.101. The predicted octanol–water partition coefficient (Wildman–Crippen LogP) is 2.51. The van der Waals surface area contributed by atoms with Gasteiger partial charge in [0.2, 0.25) is 15.9 Å². The average Bonchev–Trinajstić information content (AvgIpc) is 2.96. The molecule has 0 saturated carbocycles. The van der Waals surface area contributed by atoms with Crippen LogP contribution in [0.3, 0.4) is 0 Å². The number of nitrogens with one attached hydrogen (secondary N) is 1. The number of rotatable bonds is 5. The number of hydrogen-bond donors (Lipinski definition) is 1. The lowest BCUT2D eigenvalue weighted by molar-refractivity contribution is -0.118. The van der Waals surface area contributed by atoms with Crippen LogP contribution in [0.4, 0.5) is 5.69 Å². The van der Waals surface area contributed by atoms with Gasteiger partial charge in [-0.05, 0) is 56.1 Å². The minimum atomic E-state index is -3.43. The largest absolute Gasteiger partial charge is 0.309 e. The standard InChI is InChI=1S/C19H22N2O3S/c1-14-13-16-5-3-4-6-18(16)21(14)19(22)12-9-15-7-10-17(11-8-15)25(23,24)20-2/h3-8,10-11,14,20H,9,12-13H2,1-2H3. The first-order valence-corrected chi connectivity index (χ1v) is 9.83. The van der Waals surface area contributed by atoms with Gasteiger partial charge >= 0.3 is 0 Å². The van der Waals surface area contributed by atoms with Crippen LogP contribution in [0.25, 0.3) is 0 Å². The molecule has 2 aromatic carbocycles. The molecule has 0 spiro atoms. The number of carbonyl (C=O) groups is 1. The zero-order valence-corrected chi connectivity index (χ0v) is 15.2. The van der Waals surface area contributed by atoms with E-state index in [4.69, 9.17) is 0 Å². The summed E-state index contributed by atoms with van der Waals surface area (Å²) in [4.78, 5) is 14.8. The summed E-state index contributed by atoms with van der Waals surface area (Å²) in [6, 6.07) is 14.9. The van der Waals surface area contributed by atoms with E-state index in [1.165, 1.54) is 12.6 Å². The molecular weight excluding hydrogens is 336 g/mol. The first-order valence-electron chi connectivity index (χ1n) is 8.35. The molecule has 6 heteroatoms. The summed E-state index contributed by atoms with van der Waals surface area (Å²) < 4.78 is 25.8. The minimum Gasteiger partial charge on any atom is -0.309 e. The fourth-order valence-corrected chi connectivity index (χ4v) is 4.00. The molecule has 5 nitrogen and oxygen atoms in total. The van der Waals surface area contributed by atoms with E-state index in [1.807, 2.05) is 23.1 Å². The molecule has 1 aliphatic heterocycles. The molecule has 132 valence electrons. The Morgan fingerprint density at radius 2 is 1.84 bits per heavy atom. The Labute approximate surface area is 148 Å². The molecule has 0 aromatic heterocycles. The van der Waals surface area contributed by atoms with Crippen molar-refractivity contribution in [1.29, 1.82) is 0 Å². The topological polar surface area (TPSA) is 66.5 Å². The molecule has 2 aromatic rings. The number of anilines is 1. The molecule has 0 radical (unpaired) electrons. The second-order valence-electron chi connectivity index (χ2n) is 6.30. The number of hydrogen-bond acceptors (Lipinski definition) is 3. The first kappa shape index (κ1) is 17.6. The van der Waals surface area contributed by atoms with Crippen LogP contribution in [0, 0.1) is 0 Å². The van der Waals surface area contributed by atoms with Gasteiger partial charge in [-0.25, -0.2) is 13.1 Å². The van der Waals surface area contributed by atoms with Crippen molar-refractivity contribution in [3.8, 4) is 0 Å². The lowest BCUT2D eigenvalue weighted by atomic mass is 10.1. The van der Waals surface area contributed by atoms with Crippen LogP contribution in [0.1, 0.15) is 24.5 Å². The van der Waals surface area contributed by atoms with Gasteiger partial charge < -0.3 is 4.90 Å². The van der Waals surface area contributed by atoms with Crippen molar-refractivity contribution in [2.24, 2.45) is 0 Å². The maximum atomic E-state index is 12.7. The Hall–Kier alpha value is -2.18. The number of nitrogens with zero attached hydrogens (tertiary/aromatic N) is 1. The van der Waals surface area contributed by atoms with Crippen molar-refractivity contribution in [3.05, 3.63) is 59.7 Å². The molecule has 1 aliphatic rings. The SMILES string of the molecule is CNS(=O)(=O)c1ccc(CCC(=O)N2c3ccccc3CC2C)cc1. The zero-order chi connectivity index (χ0) is 18.0. The molecule has 1 heterocycles. The number of benzene rings is 2. The van der Waals surface area contributed by atoms with Crippen LogP contribution >= 0.6 is 0 Å². The van der Waals surface area contributed by atoms with E-state index < -0.39 is 10.0 Å². The van der Waals surface area contributed by atoms with Crippen molar-refractivity contribution >= 4 is 21.6 Å². The van der Waals surface area contributed by atoms with Gasteiger partial charge in [0.15, 0.2) is 0 Å². The third kappa shape index (κ3) is 3.60. The molecule has 3 rings (SSSR count). The van der Waals surface area contributed by atoms with Crippen LogP contribution in [0.2, 0.25) is 0 Å². The van der Waals surface area contributed by atoms with Gasteiger partial charge in [0.1, 0.15) is 0 Å². The molecule has 0 aliphatic carbocycles. The van der Waals surface area contributed by atoms with Gasteiger partial charge in [-0.2, -0.15) is 0 Å². The zero-order valence-electron chi connectivity index (χ0n) is 14.4. The highest BCUT2D eigenvalue weighted by atomic mass is 32.2. The molecule has 1 unspecified atom stereocenters. The van der Waals surface area contributed by atoms with Crippen molar-refractivity contribution in [2.75, 3.05) is 11.9 Å². The minimum absolute atomic E-state index is 0.101.